The molecule has 21 heavy (non-hydrogen) atoms. The van der Waals surface area contributed by atoms with Crippen molar-refractivity contribution in [1.82, 2.24) is 0 Å². The lowest BCUT2D eigenvalue weighted by atomic mass is 10.0. The molecule has 1 unspecified atom stereocenters. The molecule has 3 rings (SSSR count). The Kier molecular flexibility index (Phi) is 3.35. The van der Waals surface area contributed by atoms with E-state index in [0.717, 1.165) is 23.4 Å². The third-order valence-electron chi connectivity index (χ3n) is 3.22. The van der Waals surface area contributed by atoms with Gasteiger partial charge in [0.1, 0.15) is 17.4 Å². The van der Waals surface area contributed by atoms with E-state index in [2.05, 4.69) is 10.3 Å². The zero-order chi connectivity index (χ0) is 15.0. The largest absolute Gasteiger partial charge is 0.506 e. The minimum atomic E-state index is -0.666. The number of para-hydroxylation sites is 1. The van der Waals surface area contributed by atoms with E-state index < -0.39 is 11.7 Å². The number of nitrogens with zero attached hydrogens (tertiary/aromatic N) is 1. The smallest absolute Gasteiger partial charge is 0.237 e. The van der Waals surface area contributed by atoms with Crippen molar-refractivity contribution >= 4 is 35.1 Å². The molecule has 1 aliphatic heterocycles. The number of anilines is 1. The first-order chi connectivity index (χ1) is 10.1. The monoisotopic (exact) mass is 304 g/mol. The second kappa shape index (κ2) is 5.18. The van der Waals surface area contributed by atoms with Gasteiger partial charge in [0.2, 0.25) is 5.91 Å². The molecule has 0 saturated heterocycles. The SMILES string of the molecule is O=C1Nc2ccccc2C1C=Nc1cc(O)c(Cl)cc1F. The molecule has 2 N–H and O–H groups in total. The number of carbonyl (C=O) groups is 1. The predicted octanol–water partition coefficient (Wildman–Crippen LogP) is 3.62. The molecule has 4 nitrogen and oxygen atoms in total. The molecule has 1 atom stereocenters. The number of phenolic OH excluding ortho intramolecular Hbond substituents is 1. The first-order valence-electron chi connectivity index (χ1n) is 6.18. The van der Waals surface area contributed by atoms with E-state index in [-0.39, 0.29) is 22.4 Å². The number of aliphatic imine (C=N–C) groups is 1. The van der Waals surface area contributed by atoms with Crippen molar-refractivity contribution in [2.75, 3.05) is 5.32 Å². The molecule has 2 aromatic rings. The average Bonchev–Trinajstić information content (AvgIpc) is 2.77. The van der Waals surface area contributed by atoms with Crippen LogP contribution in [0.4, 0.5) is 15.8 Å². The van der Waals surface area contributed by atoms with Gasteiger partial charge in [-0.1, -0.05) is 29.8 Å². The second-order valence-electron chi connectivity index (χ2n) is 4.59. The highest BCUT2D eigenvalue weighted by atomic mass is 35.5. The van der Waals surface area contributed by atoms with E-state index in [0.29, 0.717) is 0 Å². The Labute approximate surface area is 124 Å². The molecule has 0 bridgehead atoms. The van der Waals surface area contributed by atoms with Crippen molar-refractivity contribution in [3.8, 4) is 5.75 Å². The van der Waals surface area contributed by atoms with Crippen LogP contribution in [0, 0.1) is 5.82 Å². The number of halogens is 2. The molecule has 0 fully saturated rings. The number of hydrogen-bond acceptors (Lipinski definition) is 3. The summed E-state index contributed by atoms with van der Waals surface area (Å²) in [6.07, 6.45) is 1.35. The highest BCUT2D eigenvalue weighted by molar-refractivity contribution is 6.32. The van der Waals surface area contributed by atoms with Gasteiger partial charge in [0.15, 0.2) is 5.82 Å². The highest BCUT2D eigenvalue weighted by Crippen LogP contribution is 2.33. The summed E-state index contributed by atoms with van der Waals surface area (Å²) < 4.78 is 13.7. The van der Waals surface area contributed by atoms with Gasteiger partial charge < -0.3 is 10.4 Å². The lowest BCUT2D eigenvalue weighted by molar-refractivity contribution is -0.115. The number of aromatic hydroxyl groups is 1. The average molecular weight is 305 g/mol. The third-order valence-corrected chi connectivity index (χ3v) is 3.52. The standard InChI is InChI=1S/C15H10ClFN2O2/c16-10-5-11(17)13(6-14(10)20)18-7-9-8-3-1-2-4-12(8)19-15(9)21/h1-7,9,20H,(H,19,21). The lowest BCUT2D eigenvalue weighted by Gasteiger charge is -2.03. The molecular formula is C15H10ClFN2O2. The fraction of sp³-hybridized carbons (Fsp3) is 0.0667. The Hall–Kier alpha value is -2.40. The van der Waals surface area contributed by atoms with Gasteiger partial charge in [0.05, 0.1) is 5.02 Å². The van der Waals surface area contributed by atoms with Crippen LogP contribution in [-0.4, -0.2) is 17.2 Å². The van der Waals surface area contributed by atoms with Crippen LogP contribution in [0.25, 0.3) is 0 Å². The van der Waals surface area contributed by atoms with E-state index in [4.69, 9.17) is 11.6 Å². The van der Waals surface area contributed by atoms with Crippen molar-refractivity contribution in [2.24, 2.45) is 4.99 Å². The van der Waals surface area contributed by atoms with Gasteiger partial charge in [-0.3, -0.25) is 9.79 Å². The molecular weight excluding hydrogens is 295 g/mol. The molecule has 0 radical (unpaired) electrons. The van der Waals surface area contributed by atoms with Gasteiger partial charge in [-0.2, -0.15) is 0 Å². The van der Waals surface area contributed by atoms with Crippen molar-refractivity contribution in [3.05, 3.63) is 52.8 Å². The third kappa shape index (κ3) is 2.48. The van der Waals surface area contributed by atoms with Crippen LogP contribution in [0.3, 0.4) is 0 Å². The summed E-state index contributed by atoms with van der Waals surface area (Å²) in [4.78, 5) is 15.9. The van der Waals surface area contributed by atoms with Gasteiger partial charge in [-0.05, 0) is 17.7 Å². The fourth-order valence-corrected chi connectivity index (χ4v) is 2.31. The fourth-order valence-electron chi connectivity index (χ4n) is 2.16. The van der Waals surface area contributed by atoms with E-state index in [1.54, 1.807) is 12.1 Å². The van der Waals surface area contributed by atoms with Crippen LogP contribution in [0.15, 0.2) is 41.4 Å². The maximum atomic E-state index is 13.7. The number of amides is 1. The van der Waals surface area contributed by atoms with Gasteiger partial charge in [-0.15, -0.1) is 0 Å². The number of nitrogens with one attached hydrogen (secondary N) is 1. The number of hydrogen-bond donors (Lipinski definition) is 2. The summed E-state index contributed by atoms with van der Waals surface area (Å²) in [7, 11) is 0. The number of phenols is 1. The lowest BCUT2D eigenvalue weighted by Crippen LogP contribution is -2.12. The van der Waals surface area contributed by atoms with Gasteiger partial charge in [0, 0.05) is 18.0 Å². The van der Waals surface area contributed by atoms with Crippen LogP contribution >= 0.6 is 11.6 Å². The zero-order valence-corrected chi connectivity index (χ0v) is 11.4. The molecule has 2 aromatic carbocycles. The molecule has 0 aliphatic carbocycles. The van der Waals surface area contributed by atoms with Crippen molar-refractivity contribution in [1.29, 1.82) is 0 Å². The Morgan fingerprint density at radius 1 is 1.33 bits per heavy atom. The minimum absolute atomic E-state index is 0.0749. The van der Waals surface area contributed by atoms with E-state index >= 15 is 0 Å². The van der Waals surface area contributed by atoms with Crippen LogP contribution < -0.4 is 5.32 Å². The molecule has 0 aromatic heterocycles. The Morgan fingerprint density at radius 2 is 2.10 bits per heavy atom. The summed E-state index contributed by atoms with van der Waals surface area (Å²) in [5, 5.41) is 12.1. The van der Waals surface area contributed by atoms with Crippen LogP contribution in [0.5, 0.6) is 5.75 Å². The number of rotatable bonds is 2. The van der Waals surface area contributed by atoms with E-state index in [9.17, 15) is 14.3 Å². The van der Waals surface area contributed by atoms with Gasteiger partial charge >= 0.3 is 0 Å². The minimum Gasteiger partial charge on any atom is -0.506 e. The molecule has 0 spiro atoms. The highest BCUT2D eigenvalue weighted by Gasteiger charge is 2.28. The van der Waals surface area contributed by atoms with Crippen LogP contribution in [0.2, 0.25) is 5.02 Å². The van der Waals surface area contributed by atoms with Gasteiger partial charge in [-0.25, -0.2) is 4.39 Å². The zero-order valence-electron chi connectivity index (χ0n) is 10.7. The molecule has 0 saturated carbocycles. The molecule has 1 amide bonds. The molecule has 106 valence electrons. The number of fused-ring (bicyclic) bond motifs is 1. The van der Waals surface area contributed by atoms with E-state index in [1.807, 2.05) is 12.1 Å². The second-order valence-corrected chi connectivity index (χ2v) is 4.99. The number of benzene rings is 2. The quantitative estimate of drug-likeness (QED) is 0.832. The Bertz CT molecular complexity index is 761. The van der Waals surface area contributed by atoms with Crippen LogP contribution in [-0.2, 0) is 4.79 Å². The Morgan fingerprint density at radius 3 is 2.90 bits per heavy atom. The summed E-state index contributed by atoms with van der Waals surface area (Å²) in [5.41, 5.74) is 1.43. The summed E-state index contributed by atoms with van der Waals surface area (Å²) in [5.74, 6) is -1.74. The summed E-state index contributed by atoms with van der Waals surface area (Å²) >= 11 is 5.60. The number of carbonyl (C=O) groups excluding carboxylic acids is 1. The summed E-state index contributed by atoms with van der Waals surface area (Å²) in [6.45, 7) is 0. The Balaban J connectivity index is 1.94. The van der Waals surface area contributed by atoms with E-state index in [1.165, 1.54) is 6.21 Å². The predicted molar refractivity (Wildman–Crippen MR) is 79.0 cm³/mol. The maximum absolute atomic E-state index is 13.7. The first kappa shape index (κ1) is 13.6. The molecule has 1 heterocycles. The normalized spacial score (nSPS) is 17.0. The topological polar surface area (TPSA) is 61.7 Å². The molecule has 6 heteroatoms. The van der Waals surface area contributed by atoms with Crippen LogP contribution in [0.1, 0.15) is 11.5 Å². The van der Waals surface area contributed by atoms with Crippen molar-refractivity contribution in [3.63, 3.8) is 0 Å². The summed E-state index contributed by atoms with van der Waals surface area (Å²) in [6, 6.07) is 9.32. The maximum Gasteiger partial charge on any atom is 0.237 e. The van der Waals surface area contributed by atoms with Crippen molar-refractivity contribution in [2.45, 2.75) is 5.92 Å². The van der Waals surface area contributed by atoms with Crippen molar-refractivity contribution < 1.29 is 14.3 Å². The molecule has 1 aliphatic rings. The first-order valence-corrected chi connectivity index (χ1v) is 6.56. The van der Waals surface area contributed by atoms with Gasteiger partial charge in [0.25, 0.3) is 0 Å².